The van der Waals surface area contributed by atoms with Crippen LogP contribution in [-0.4, -0.2) is 37.4 Å². The minimum atomic E-state index is -0.633. The van der Waals surface area contributed by atoms with E-state index in [0.29, 0.717) is 13.0 Å². The van der Waals surface area contributed by atoms with Crippen LogP contribution in [0.4, 0.5) is 0 Å². The summed E-state index contributed by atoms with van der Waals surface area (Å²) in [6, 6.07) is 0. The Hall–Kier alpha value is -0.650. The molecule has 5 nitrogen and oxygen atoms in total. The summed E-state index contributed by atoms with van der Waals surface area (Å²) in [6.07, 6.45) is 0.135. The molecule has 0 aliphatic carbocycles. The van der Waals surface area contributed by atoms with Gasteiger partial charge >= 0.3 is 5.97 Å². The summed E-state index contributed by atoms with van der Waals surface area (Å²) in [5, 5.41) is 0. The molecule has 0 unspecified atom stereocenters. The van der Waals surface area contributed by atoms with Crippen molar-refractivity contribution in [3.8, 4) is 0 Å². The molecule has 5 heteroatoms. The largest absolute Gasteiger partial charge is 0.463 e. The van der Waals surface area contributed by atoms with Gasteiger partial charge in [0.15, 0.2) is 12.1 Å². The number of esters is 1. The molecule has 94 valence electrons. The number of ether oxygens (including phenoxy) is 4. The van der Waals surface area contributed by atoms with Gasteiger partial charge in [-0.3, -0.25) is 4.79 Å². The maximum Gasteiger partial charge on any atom is 0.302 e. The predicted molar refractivity (Wildman–Crippen MR) is 56.7 cm³/mol. The lowest BCUT2D eigenvalue weighted by Gasteiger charge is -2.34. The second-order valence-electron chi connectivity index (χ2n) is 4.28. The standard InChI is InChI=1S/C11H20O5/c1-8(12)13-7-10-5-6-14-11(3,4)16-9(2)15-10/h9-10H,5-7H2,1-4H3/t9-,10+/m1/s1. The van der Waals surface area contributed by atoms with Crippen LogP contribution in [0.1, 0.15) is 34.1 Å². The molecular formula is C11H20O5. The minimum Gasteiger partial charge on any atom is -0.463 e. The van der Waals surface area contributed by atoms with E-state index in [4.69, 9.17) is 18.9 Å². The Morgan fingerprint density at radius 1 is 1.50 bits per heavy atom. The van der Waals surface area contributed by atoms with E-state index in [2.05, 4.69) is 0 Å². The maximum atomic E-state index is 10.7. The third-order valence-corrected chi connectivity index (χ3v) is 2.20. The van der Waals surface area contributed by atoms with Crippen molar-refractivity contribution in [2.24, 2.45) is 0 Å². The summed E-state index contributed by atoms with van der Waals surface area (Å²) in [5.74, 6) is -0.938. The van der Waals surface area contributed by atoms with Gasteiger partial charge in [0.1, 0.15) is 6.61 Å². The minimum absolute atomic E-state index is 0.171. The summed E-state index contributed by atoms with van der Waals surface area (Å²) in [7, 11) is 0. The van der Waals surface area contributed by atoms with E-state index in [0.717, 1.165) is 0 Å². The lowest BCUT2D eigenvalue weighted by molar-refractivity contribution is -0.317. The molecule has 0 aromatic heterocycles. The van der Waals surface area contributed by atoms with Crippen LogP contribution < -0.4 is 0 Å². The summed E-state index contributed by atoms with van der Waals surface area (Å²) >= 11 is 0. The van der Waals surface area contributed by atoms with Gasteiger partial charge in [0, 0.05) is 13.3 Å². The second-order valence-corrected chi connectivity index (χ2v) is 4.28. The highest BCUT2D eigenvalue weighted by molar-refractivity contribution is 5.65. The Labute approximate surface area is 96.0 Å². The first-order valence-corrected chi connectivity index (χ1v) is 5.49. The highest BCUT2D eigenvalue weighted by Gasteiger charge is 2.28. The van der Waals surface area contributed by atoms with Crippen molar-refractivity contribution in [2.45, 2.75) is 52.3 Å². The van der Waals surface area contributed by atoms with Crippen LogP contribution in [0.3, 0.4) is 0 Å². The molecule has 1 heterocycles. The molecule has 1 aliphatic heterocycles. The Bertz CT molecular complexity index is 239. The number of rotatable bonds is 2. The zero-order valence-electron chi connectivity index (χ0n) is 10.3. The Balaban J connectivity index is 2.42. The third kappa shape index (κ3) is 4.92. The lowest BCUT2D eigenvalue weighted by atomic mass is 10.2. The molecule has 1 saturated heterocycles. The molecule has 1 aliphatic rings. The van der Waals surface area contributed by atoms with Crippen molar-refractivity contribution in [3.63, 3.8) is 0 Å². The first-order chi connectivity index (χ1) is 7.39. The summed E-state index contributed by atoms with van der Waals surface area (Å²) in [6.45, 7) is 7.64. The van der Waals surface area contributed by atoms with Crippen LogP contribution in [0, 0.1) is 0 Å². The zero-order chi connectivity index (χ0) is 12.2. The number of carbonyl (C=O) groups is 1. The van der Waals surface area contributed by atoms with E-state index < -0.39 is 5.79 Å². The van der Waals surface area contributed by atoms with Crippen LogP contribution >= 0.6 is 0 Å². The van der Waals surface area contributed by atoms with Gasteiger partial charge in [-0.05, 0) is 20.8 Å². The fourth-order valence-electron chi connectivity index (χ4n) is 1.57. The normalized spacial score (nSPS) is 30.2. The lowest BCUT2D eigenvalue weighted by Crippen LogP contribution is -2.40. The van der Waals surface area contributed by atoms with Gasteiger partial charge in [-0.1, -0.05) is 0 Å². The fraction of sp³-hybridized carbons (Fsp3) is 0.909. The molecule has 0 radical (unpaired) electrons. The van der Waals surface area contributed by atoms with Crippen LogP contribution in [-0.2, 0) is 23.7 Å². The van der Waals surface area contributed by atoms with Crippen LogP contribution in [0.25, 0.3) is 0 Å². The average molecular weight is 232 g/mol. The molecular weight excluding hydrogens is 212 g/mol. The van der Waals surface area contributed by atoms with E-state index in [1.165, 1.54) is 6.92 Å². The predicted octanol–water partition coefficient (Wildman–Crippen LogP) is 1.45. The number of carbonyl (C=O) groups excluding carboxylic acids is 1. The van der Waals surface area contributed by atoms with Crippen molar-refractivity contribution in [3.05, 3.63) is 0 Å². The molecule has 2 atom stereocenters. The van der Waals surface area contributed by atoms with E-state index in [9.17, 15) is 4.79 Å². The Morgan fingerprint density at radius 2 is 2.19 bits per heavy atom. The maximum absolute atomic E-state index is 10.7. The molecule has 1 rings (SSSR count). The zero-order valence-corrected chi connectivity index (χ0v) is 10.3. The van der Waals surface area contributed by atoms with E-state index in [1.54, 1.807) is 6.92 Å². The van der Waals surface area contributed by atoms with Crippen molar-refractivity contribution in [1.82, 2.24) is 0 Å². The SMILES string of the molecule is CC(=O)OC[C@@H]1CCOC(C)(C)O[C@H](C)O1. The first-order valence-electron chi connectivity index (χ1n) is 5.49. The average Bonchev–Trinajstić information content (AvgIpc) is 2.10. The number of hydrogen-bond donors (Lipinski definition) is 0. The molecule has 0 aromatic rings. The van der Waals surface area contributed by atoms with Crippen molar-refractivity contribution >= 4 is 5.97 Å². The fourth-order valence-corrected chi connectivity index (χ4v) is 1.57. The molecule has 0 aromatic carbocycles. The van der Waals surface area contributed by atoms with Crippen molar-refractivity contribution in [1.29, 1.82) is 0 Å². The van der Waals surface area contributed by atoms with Crippen LogP contribution in [0.5, 0.6) is 0 Å². The highest BCUT2D eigenvalue weighted by Crippen LogP contribution is 2.20. The molecule has 0 amide bonds. The summed E-state index contributed by atoms with van der Waals surface area (Å²) < 4.78 is 21.6. The van der Waals surface area contributed by atoms with E-state index in [1.807, 2.05) is 13.8 Å². The Morgan fingerprint density at radius 3 is 2.81 bits per heavy atom. The molecule has 0 N–H and O–H groups in total. The molecule has 0 bridgehead atoms. The summed E-state index contributed by atoms with van der Waals surface area (Å²) in [4.78, 5) is 10.7. The molecule has 16 heavy (non-hydrogen) atoms. The van der Waals surface area contributed by atoms with Crippen LogP contribution in [0.15, 0.2) is 0 Å². The Kier molecular flexibility index (Phi) is 4.70. The first kappa shape index (κ1) is 13.4. The second kappa shape index (κ2) is 5.61. The van der Waals surface area contributed by atoms with Gasteiger partial charge < -0.3 is 18.9 Å². The smallest absolute Gasteiger partial charge is 0.302 e. The quantitative estimate of drug-likeness (QED) is 0.674. The highest BCUT2D eigenvalue weighted by atomic mass is 16.8. The van der Waals surface area contributed by atoms with E-state index in [-0.39, 0.29) is 25.0 Å². The molecule has 1 fully saturated rings. The monoisotopic (exact) mass is 232 g/mol. The van der Waals surface area contributed by atoms with Gasteiger partial charge in [0.2, 0.25) is 0 Å². The van der Waals surface area contributed by atoms with Gasteiger partial charge in [-0.15, -0.1) is 0 Å². The topological polar surface area (TPSA) is 54.0 Å². The van der Waals surface area contributed by atoms with Crippen molar-refractivity contribution < 1.29 is 23.7 Å². The van der Waals surface area contributed by atoms with E-state index >= 15 is 0 Å². The third-order valence-electron chi connectivity index (χ3n) is 2.20. The van der Waals surface area contributed by atoms with Crippen molar-refractivity contribution in [2.75, 3.05) is 13.2 Å². The van der Waals surface area contributed by atoms with Crippen LogP contribution in [0.2, 0.25) is 0 Å². The van der Waals surface area contributed by atoms with Gasteiger partial charge in [-0.25, -0.2) is 0 Å². The van der Waals surface area contributed by atoms with Gasteiger partial charge in [-0.2, -0.15) is 0 Å². The summed E-state index contributed by atoms with van der Waals surface area (Å²) in [5.41, 5.74) is 0. The molecule has 0 saturated carbocycles. The number of hydrogen-bond acceptors (Lipinski definition) is 5. The van der Waals surface area contributed by atoms with Gasteiger partial charge in [0.25, 0.3) is 0 Å². The van der Waals surface area contributed by atoms with Gasteiger partial charge in [0.05, 0.1) is 12.7 Å². The molecule has 0 spiro atoms.